The average molecular weight is 305 g/mol. The molecule has 19 heavy (non-hydrogen) atoms. The first-order chi connectivity index (χ1) is 8.94. The molecule has 0 unspecified atom stereocenters. The van der Waals surface area contributed by atoms with Crippen LogP contribution in [-0.4, -0.2) is 56.8 Å². The molecule has 1 aromatic heterocycles. The zero-order chi connectivity index (χ0) is 13.9. The van der Waals surface area contributed by atoms with E-state index in [1.165, 1.54) is 0 Å². The summed E-state index contributed by atoms with van der Waals surface area (Å²) in [5.41, 5.74) is 0. The maximum absolute atomic E-state index is 10.9. The van der Waals surface area contributed by atoms with Crippen molar-refractivity contribution in [2.45, 2.75) is 0 Å². The third-order valence-electron chi connectivity index (χ3n) is 3.10. The van der Waals surface area contributed by atoms with Gasteiger partial charge in [0, 0.05) is 38.9 Å². The third kappa shape index (κ3) is 4.61. The lowest BCUT2D eigenvalue weighted by atomic mass is 10.3. The Morgan fingerprint density at radius 3 is 2.47 bits per heavy atom. The molecule has 0 bridgehead atoms. The summed E-state index contributed by atoms with van der Waals surface area (Å²) >= 11 is 5.80. The monoisotopic (exact) mass is 304 g/mol. The third-order valence-corrected chi connectivity index (χ3v) is 4.08. The van der Waals surface area contributed by atoms with Gasteiger partial charge < -0.3 is 4.90 Å². The summed E-state index contributed by atoms with van der Waals surface area (Å²) in [7, 11) is -3.38. The molecule has 1 aliphatic rings. The van der Waals surface area contributed by atoms with Crippen molar-refractivity contribution in [2.75, 3.05) is 43.4 Å². The number of nitrogens with zero attached hydrogens (tertiary/aromatic N) is 3. The van der Waals surface area contributed by atoms with Crippen molar-refractivity contribution in [3.63, 3.8) is 0 Å². The van der Waals surface area contributed by atoms with Gasteiger partial charge in [0.2, 0.25) is 10.0 Å². The van der Waals surface area contributed by atoms with Crippen LogP contribution in [0.25, 0.3) is 0 Å². The van der Waals surface area contributed by atoms with E-state index >= 15 is 0 Å². The normalized spacial score (nSPS) is 17.7. The molecule has 2 N–H and O–H groups in total. The highest BCUT2D eigenvalue weighted by molar-refractivity contribution is 7.89. The van der Waals surface area contributed by atoms with Crippen LogP contribution in [0.1, 0.15) is 0 Å². The van der Waals surface area contributed by atoms with Crippen LogP contribution >= 0.6 is 11.6 Å². The van der Waals surface area contributed by atoms with Gasteiger partial charge in [-0.05, 0) is 12.1 Å². The first-order valence-corrected chi connectivity index (χ1v) is 8.13. The van der Waals surface area contributed by atoms with Crippen LogP contribution in [0.4, 0.5) is 5.82 Å². The smallest absolute Gasteiger partial charge is 0.210 e. The lowest BCUT2D eigenvalue weighted by Gasteiger charge is -2.35. The number of hydrogen-bond donors (Lipinski definition) is 1. The highest BCUT2D eigenvalue weighted by Crippen LogP contribution is 2.15. The van der Waals surface area contributed by atoms with Gasteiger partial charge in [-0.1, -0.05) is 11.6 Å². The maximum atomic E-state index is 10.9. The van der Waals surface area contributed by atoms with Crippen LogP contribution in [0.3, 0.4) is 0 Å². The van der Waals surface area contributed by atoms with Crippen molar-refractivity contribution in [1.82, 2.24) is 9.88 Å². The summed E-state index contributed by atoms with van der Waals surface area (Å²) in [4.78, 5) is 8.52. The molecule has 0 atom stereocenters. The highest BCUT2D eigenvalue weighted by Gasteiger charge is 2.18. The van der Waals surface area contributed by atoms with Crippen molar-refractivity contribution in [3.8, 4) is 0 Å². The lowest BCUT2D eigenvalue weighted by molar-refractivity contribution is 0.271. The van der Waals surface area contributed by atoms with Gasteiger partial charge in [-0.2, -0.15) is 0 Å². The molecule has 1 aliphatic heterocycles. The zero-order valence-electron chi connectivity index (χ0n) is 10.5. The molecule has 0 radical (unpaired) electrons. The summed E-state index contributed by atoms with van der Waals surface area (Å²) in [5.74, 6) is 0.905. The van der Waals surface area contributed by atoms with E-state index in [1.54, 1.807) is 6.20 Å². The van der Waals surface area contributed by atoms with E-state index in [2.05, 4.69) is 14.8 Å². The SMILES string of the molecule is NS(=O)(=O)CCN1CCN(c2ccc(Cl)cn2)CC1. The van der Waals surface area contributed by atoms with Crippen LogP contribution in [0.2, 0.25) is 5.02 Å². The second-order valence-corrected chi connectivity index (χ2v) is 6.70. The average Bonchev–Trinajstić information content (AvgIpc) is 2.37. The Kier molecular flexibility index (Phi) is 4.62. The van der Waals surface area contributed by atoms with Crippen molar-refractivity contribution in [1.29, 1.82) is 0 Å². The van der Waals surface area contributed by atoms with Gasteiger partial charge in [-0.15, -0.1) is 0 Å². The first-order valence-electron chi connectivity index (χ1n) is 6.03. The summed E-state index contributed by atoms with van der Waals surface area (Å²) in [6, 6.07) is 3.71. The van der Waals surface area contributed by atoms with Crippen LogP contribution in [0, 0.1) is 0 Å². The molecule has 1 fully saturated rings. The summed E-state index contributed by atoms with van der Waals surface area (Å²) in [6.45, 7) is 3.73. The summed E-state index contributed by atoms with van der Waals surface area (Å²) in [6.07, 6.45) is 1.63. The summed E-state index contributed by atoms with van der Waals surface area (Å²) < 4.78 is 21.8. The number of pyridine rings is 1. The number of halogens is 1. The van der Waals surface area contributed by atoms with E-state index in [1.807, 2.05) is 12.1 Å². The van der Waals surface area contributed by atoms with Gasteiger partial charge in [-0.25, -0.2) is 18.5 Å². The molecule has 1 saturated heterocycles. The Balaban J connectivity index is 1.84. The Morgan fingerprint density at radius 1 is 1.26 bits per heavy atom. The number of aromatic nitrogens is 1. The number of piperazine rings is 1. The molecule has 0 aliphatic carbocycles. The molecule has 0 aromatic carbocycles. The van der Waals surface area contributed by atoms with Crippen LogP contribution in [-0.2, 0) is 10.0 Å². The predicted octanol–water partition coefficient (Wildman–Crippen LogP) is 0.146. The second-order valence-electron chi connectivity index (χ2n) is 4.53. The van der Waals surface area contributed by atoms with E-state index in [0.717, 1.165) is 32.0 Å². The van der Waals surface area contributed by atoms with E-state index in [9.17, 15) is 8.42 Å². The number of primary sulfonamides is 1. The van der Waals surface area contributed by atoms with E-state index in [0.29, 0.717) is 11.6 Å². The topological polar surface area (TPSA) is 79.5 Å². The van der Waals surface area contributed by atoms with Gasteiger partial charge in [0.25, 0.3) is 0 Å². The minimum Gasteiger partial charge on any atom is -0.354 e. The van der Waals surface area contributed by atoms with Crippen LogP contribution < -0.4 is 10.0 Å². The van der Waals surface area contributed by atoms with Crippen molar-refractivity contribution in [2.24, 2.45) is 5.14 Å². The maximum Gasteiger partial charge on any atom is 0.210 e. The van der Waals surface area contributed by atoms with Gasteiger partial charge >= 0.3 is 0 Å². The standard InChI is InChI=1S/C11H17ClN4O2S/c12-10-1-2-11(14-9-10)16-5-3-15(4-6-16)7-8-19(13,17)18/h1-2,9H,3-8H2,(H2,13,17,18). The Hall–Kier alpha value is -0.890. The molecular weight excluding hydrogens is 288 g/mol. The molecule has 0 saturated carbocycles. The van der Waals surface area contributed by atoms with Crippen molar-refractivity contribution >= 4 is 27.4 Å². The predicted molar refractivity (Wildman–Crippen MR) is 75.9 cm³/mol. The van der Waals surface area contributed by atoms with Gasteiger partial charge in [0.1, 0.15) is 5.82 Å². The molecular formula is C11H17ClN4O2S. The Morgan fingerprint density at radius 2 is 1.95 bits per heavy atom. The van der Waals surface area contributed by atoms with E-state index in [4.69, 9.17) is 16.7 Å². The van der Waals surface area contributed by atoms with Crippen LogP contribution in [0.5, 0.6) is 0 Å². The number of anilines is 1. The minimum absolute atomic E-state index is 0.00615. The Labute approximate surface area is 118 Å². The minimum atomic E-state index is -3.38. The molecule has 106 valence electrons. The van der Waals surface area contributed by atoms with Gasteiger partial charge in [-0.3, -0.25) is 4.90 Å². The summed E-state index contributed by atoms with van der Waals surface area (Å²) in [5, 5.41) is 5.62. The van der Waals surface area contributed by atoms with Crippen molar-refractivity contribution in [3.05, 3.63) is 23.4 Å². The van der Waals surface area contributed by atoms with Crippen molar-refractivity contribution < 1.29 is 8.42 Å². The highest BCUT2D eigenvalue weighted by atomic mass is 35.5. The van der Waals surface area contributed by atoms with E-state index in [-0.39, 0.29) is 5.75 Å². The molecule has 2 rings (SSSR count). The quantitative estimate of drug-likeness (QED) is 0.856. The zero-order valence-corrected chi connectivity index (χ0v) is 12.1. The van der Waals surface area contributed by atoms with Gasteiger partial charge in [0.05, 0.1) is 10.8 Å². The van der Waals surface area contributed by atoms with E-state index < -0.39 is 10.0 Å². The largest absolute Gasteiger partial charge is 0.354 e. The fourth-order valence-electron chi connectivity index (χ4n) is 2.01. The molecule has 0 amide bonds. The van der Waals surface area contributed by atoms with Crippen LogP contribution in [0.15, 0.2) is 18.3 Å². The fraction of sp³-hybridized carbons (Fsp3) is 0.545. The molecule has 6 nitrogen and oxygen atoms in total. The number of hydrogen-bond acceptors (Lipinski definition) is 5. The molecule has 0 spiro atoms. The lowest BCUT2D eigenvalue weighted by Crippen LogP contribution is -2.48. The molecule has 2 heterocycles. The Bertz CT molecular complexity index is 512. The van der Waals surface area contributed by atoms with Gasteiger partial charge in [0.15, 0.2) is 0 Å². The first kappa shape index (κ1) is 14.5. The molecule has 8 heteroatoms. The molecule has 1 aromatic rings. The number of sulfonamides is 1. The number of nitrogens with two attached hydrogens (primary N) is 1. The fourth-order valence-corrected chi connectivity index (χ4v) is 2.64. The number of rotatable bonds is 4. The second kappa shape index (κ2) is 6.04.